The van der Waals surface area contributed by atoms with Crippen molar-refractivity contribution in [2.75, 3.05) is 0 Å². The minimum absolute atomic E-state index is 0.0776. The summed E-state index contributed by atoms with van der Waals surface area (Å²) in [6.07, 6.45) is 8.80. The molecule has 1 atom stereocenters. The third-order valence-electron chi connectivity index (χ3n) is 2.62. The summed E-state index contributed by atoms with van der Waals surface area (Å²) in [6, 6.07) is 0. The molecule has 0 heterocycles. The third kappa shape index (κ3) is 8.29. The molecule has 0 saturated heterocycles. The molecule has 13 heavy (non-hydrogen) atoms. The van der Waals surface area contributed by atoms with Gasteiger partial charge in [-0.25, -0.2) is 0 Å². The van der Waals surface area contributed by atoms with Gasteiger partial charge in [0, 0.05) is 0 Å². The van der Waals surface area contributed by atoms with Crippen LogP contribution >= 0.6 is 0 Å². The summed E-state index contributed by atoms with van der Waals surface area (Å²) in [4.78, 5) is 0. The highest BCUT2D eigenvalue weighted by Gasteiger charge is 2.07. The zero-order valence-electron chi connectivity index (χ0n) is 9.55. The molecule has 0 aromatic heterocycles. The predicted octanol–water partition coefficient (Wildman–Crippen LogP) is 3.75. The van der Waals surface area contributed by atoms with E-state index in [2.05, 4.69) is 20.8 Å². The second-order valence-electron chi connectivity index (χ2n) is 4.37. The molecule has 0 amide bonds. The van der Waals surface area contributed by atoms with Crippen LogP contribution < -0.4 is 0 Å². The van der Waals surface area contributed by atoms with Gasteiger partial charge < -0.3 is 5.11 Å². The number of rotatable bonds is 8. The third-order valence-corrected chi connectivity index (χ3v) is 2.62. The van der Waals surface area contributed by atoms with Crippen molar-refractivity contribution >= 4 is 0 Å². The summed E-state index contributed by atoms with van der Waals surface area (Å²) < 4.78 is 0. The molecule has 0 unspecified atom stereocenters. The van der Waals surface area contributed by atoms with Crippen LogP contribution in [0.15, 0.2) is 0 Å². The zero-order chi connectivity index (χ0) is 10.1. The van der Waals surface area contributed by atoms with Gasteiger partial charge in [0.15, 0.2) is 0 Å². The minimum Gasteiger partial charge on any atom is -0.393 e. The maximum Gasteiger partial charge on any atom is 0.0563 e. The van der Waals surface area contributed by atoms with Crippen LogP contribution in [0.1, 0.15) is 65.7 Å². The summed E-state index contributed by atoms with van der Waals surface area (Å²) in [5, 5.41) is 9.53. The highest BCUT2D eigenvalue weighted by atomic mass is 16.3. The van der Waals surface area contributed by atoms with Crippen LogP contribution in [0.2, 0.25) is 0 Å². The molecule has 0 aliphatic rings. The summed E-state index contributed by atoms with van der Waals surface area (Å²) >= 11 is 0. The number of aliphatic hydroxyl groups is 1. The quantitative estimate of drug-likeness (QED) is 0.572. The van der Waals surface area contributed by atoms with Gasteiger partial charge in [0.25, 0.3) is 0 Å². The van der Waals surface area contributed by atoms with Crippen LogP contribution in [0, 0.1) is 5.92 Å². The van der Waals surface area contributed by atoms with Gasteiger partial charge in [-0.2, -0.15) is 0 Å². The van der Waals surface area contributed by atoms with Crippen molar-refractivity contribution in [3.8, 4) is 0 Å². The van der Waals surface area contributed by atoms with E-state index in [4.69, 9.17) is 0 Å². The molecule has 0 aromatic rings. The first kappa shape index (κ1) is 13.0. The monoisotopic (exact) mass is 186 g/mol. The van der Waals surface area contributed by atoms with Crippen molar-refractivity contribution in [2.45, 2.75) is 71.8 Å². The molecular formula is C12H26O. The summed E-state index contributed by atoms with van der Waals surface area (Å²) in [7, 11) is 0. The average Bonchev–Trinajstić information content (AvgIpc) is 2.10. The number of aliphatic hydroxyl groups excluding tert-OH is 1. The van der Waals surface area contributed by atoms with Gasteiger partial charge >= 0.3 is 0 Å². The Labute approximate surface area is 83.5 Å². The van der Waals surface area contributed by atoms with E-state index >= 15 is 0 Å². The number of hydrogen-bond acceptors (Lipinski definition) is 1. The van der Waals surface area contributed by atoms with Crippen molar-refractivity contribution in [1.82, 2.24) is 0 Å². The van der Waals surface area contributed by atoms with Crippen LogP contribution in [0.3, 0.4) is 0 Å². The van der Waals surface area contributed by atoms with Crippen LogP contribution in [-0.2, 0) is 0 Å². The first-order valence-corrected chi connectivity index (χ1v) is 5.86. The zero-order valence-corrected chi connectivity index (χ0v) is 9.55. The van der Waals surface area contributed by atoms with Crippen LogP contribution in [-0.4, -0.2) is 11.2 Å². The Morgan fingerprint density at radius 2 is 1.46 bits per heavy atom. The number of unbranched alkanes of at least 4 members (excludes halogenated alkanes) is 5. The largest absolute Gasteiger partial charge is 0.393 e. The van der Waals surface area contributed by atoms with Crippen molar-refractivity contribution < 1.29 is 5.11 Å². The van der Waals surface area contributed by atoms with E-state index in [1.807, 2.05) is 0 Å². The molecule has 0 fully saturated rings. The standard InChI is InChI=1S/C12H26O/c1-4-5-6-7-8-9-10-12(13)11(2)3/h11-13H,4-10H2,1-3H3/t12-/m0/s1. The van der Waals surface area contributed by atoms with E-state index in [1.54, 1.807) is 0 Å². The maximum absolute atomic E-state index is 9.53. The van der Waals surface area contributed by atoms with Crippen molar-refractivity contribution in [3.63, 3.8) is 0 Å². The fraction of sp³-hybridized carbons (Fsp3) is 1.00. The van der Waals surface area contributed by atoms with Gasteiger partial charge in [-0.15, -0.1) is 0 Å². The Kier molecular flexibility index (Phi) is 8.53. The second-order valence-corrected chi connectivity index (χ2v) is 4.37. The number of hydrogen-bond donors (Lipinski definition) is 1. The highest BCUT2D eigenvalue weighted by Crippen LogP contribution is 2.12. The predicted molar refractivity (Wildman–Crippen MR) is 58.8 cm³/mol. The molecule has 1 heteroatoms. The summed E-state index contributed by atoms with van der Waals surface area (Å²) in [5.74, 6) is 0.427. The Bertz CT molecular complexity index is 99.3. The Morgan fingerprint density at radius 3 is 2.00 bits per heavy atom. The molecule has 1 N–H and O–H groups in total. The average molecular weight is 186 g/mol. The van der Waals surface area contributed by atoms with E-state index in [1.165, 1.54) is 38.5 Å². The summed E-state index contributed by atoms with van der Waals surface area (Å²) in [6.45, 7) is 6.41. The summed E-state index contributed by atoms with van der Waals surface area (Å²) in [5.41, 5.74) is 0. The van der Waals surface area contributed by atoms with Gasteiger partial charge in [0.2, 0.25) is 0 Å². The lowest BCUT2D eigenvalue weighted by molar-refractivity contribution is 0.113. The van der Waals surface area contributed by atoms with Gasteiger partial charge in [-0.1, -0.05) is 59.3 Å². The lowest BCUT2D eigenvalue weighted by Gasteiger charge is -2.13. The van der Waals surface area contributed by atoms with E-state index in [-0.39, 0.29) is 6.10 Å². The van der Waals surface area contributed by atoms with Crippen LogP contribution in [0.5, 0.6) is 0 Å². The minimum atomic E-state index is -0.0776. The molecule has 0 bridgehead atoms. The van der Waals surface area contributed by atoms with Gasteiger partial charge in [-0.05, 0) is 12.3 Å². The van der Waals surface area contributed by atoms with E-state index < -0.39 is 0 Å². The molecule has 0 aliphatic carbocycles. The Morgan fingerprint density at radius 1 is 0.923 bits per heavy atom. The molecule has 0 saturated carbocycles. The van der Waals surface area contributed by atoms with Gasteiger partial charge in [-0.3, -0.25) is 0 Å². The van der Waals surface area contributed by atoms with E-state index in [0.717, 1.165) is 6.42 Å². The lowest BCUT2D eigenvalue weighted by atomic mass is 10.0. The normalized spacial score (nSPS) is 13.6. The van der Waals surface area contributed by atoms with Crippen LogP contribution in [0.25, 0.3) is 0 Å². The van der Waals surface area contributed by atoms with Crippen LogP contribution in [0.4, 0.5) is 0 Å². The molecule has 0 rings (SSSR count). The van der Waals surface area contributed by atoms with E-state index in [0.29, 0.717) is 5.92 Å². The molecule has 0 radical (unpaired) electrons. The van der Waals surface area contributed by atoms with E-state index in [9.17, 15) is 5.11 Å². The Balaban J connectivity index is 3.07. The highest BCUT2D eigenvalue weighted by molar-refractivity contribution is 4.59. The molecule has 0 aromatic carbocycles. The fourth-order valence-electron chi connectivity index (χ4n) is 1.47. The topological polar surface area (TPSA) is 20.2 Å². The second kappa shape index (κ2) is 8.55. The SMILES string of the molecule is CCCCCCCC[C@H](O)C(C)C. The van der Waals surface area contributed by atoms with Crippen molar-refractivity contribution in [1.29, 1.82) is 0 Å². The lowest BCUT2D eigenvalue weighted by Crippen LogP contribution is -2.13. The fourth-order valence-corrected chi connectivity index (χ4v) is 1.47. The first-order valence-electron chi connectivity index (χ1n) is 5.86. The molecular weight excluding hydrogens is 160 g/mol. The Hall–Kier alpha value is -0.0400. The van der Waals surface area contributed by atoms with Crippen molar-refractivity contribution in [3.05, 3.63) is 0 Å². The smallest absolute Gasteiger partial charge is 0.0563 e. The molecule has 0 spiro atoms. The molecule has 1 nitrogen and oxygen atoms in total. The first-order chi connectivity index (χ1) is 6.18. The molecule has 0 aliphatic heterocycles. The van der Waals surface area contributed by atoms with Crippen molar-refractivity contribution in [2.24, 2.45) is 5.92 Å². The molecule has 80 valence electrons. The van der Waals surface area contributed by atoms with Gasteiger partial charge in [0.05, 0.1) is 6.10 Å². The maximum atomic E-state index is 9.53. The van der Waals surface area contributed by atoms with Gasteiger partial charge in [0.1, 0.15) is 0 Å².